The number of nitrogens with zero attached hydrogens (tertiary/aromatic N) is 2. The summed E-state index contributed by atoms with van der Waals surface area (Å²) in [6.45, 7) is 12.4. The first-order valence-corrected chi connectivity index (χ1v) is 9.29. The van der Waals surface area contributed by atoms with Crippen molar-refractivity contribution in [2.75, 3.05) is 27.2 Å². The molecular formula is C19H37N3O2. The molecule has 0 saturated carbocycles. The number of carbonyl (C=O) groups is 2. The maximum absolute atomic E-state index is 12.7. The van der Waals surface area contributed by atoms with E-state index in [4.69, 9.17) is 0 Å². The molecular weight excluding hydrogens is 302 g/mol. The summed E-state index contributed by atoms with van der Waals surface area (Å²) in [5.41, 5.74) is 0.0616. The third-order valence-corrected chi connectivity index (χ3v) is 4.91. The zero-order valence-electron chi connectivity index (χ0n) is 16.7. The molecule has 140 valence electrons. The minimum Gasteiger partial charge on any atom is -0.353 e. The normalized spacial score (nSPS) is 17.8. The molecule has 1 rings (SSSR count). The van der Waals surface area contributed by atoms with E-state index in [9.17, 15) is 9.59 Å². The van der Waals surface area contributed by atoms with Crippen LogP contribution in [-0.4, -0.2) is 55.0 Å². The average Bonchev–Trinajstić information content (AvgIpc) is 2.49. The van der Waals surface area contributed by atoms with Crippen LogP contribution in [0.4, 0.5) is 4.79 Å². The van der Waals surface area contributed by atoms with E-state index in [1.807, 2.05) is 4.90 Å². The number of rotatable bonds is 5. The van der Waals surface area contributed by atoms with Crippen LogP contribution in [0.1, 0.15) is 60.3 Å². The van der Waals surface area contributed by atoms with E-state index in [2.05, 4.69) is 39.9 Å². The summed E-state index contributed by atoms with van der Waals surface area (Å²) in [6.07, 6.45) is 3.65. The molecule has 24 heavy (non-hydrogen) atoms. The van der Waals surface area contributed by atoms with Crippen LogP contribution in [-0.2, 0) is 4.79 Å². The van der Waals surface area contributed by atoms with E-state index in [0.29, 0.717) is 19.0 Å². The van der Waals surface area contributed by atoms with Gasteiger partial charge in [-0.25, -0.2) is 4.79 Å². The van der Waals surface area contributed by atoms with Crippen LogP contribution in [0, 0.1) is 17.3 Å². The van der Waals surface area contributed by atoms with Crippen molar-refractivity contribution in [2.45, 2.75) is 66.3 Å². The van der Waals surface area contributed by atoms with Gasteiger partial charge in [0, 0.05) is 39.1 Å². The quantitative estimate of drug-likeness (QED) is 0.835. The molecule has 0 aromatic rings. The van der Waals surface area contributed by atoms with E-state index >= 15 is 0 Å². The summed E-state index contributed by atoms with van der Waals surface area (Å²) in [5.74, 6) is 0.836. The Kier molecular flexibility index (Phi) is 7.56. The zero-order valence-corrected chi connectivity index (χ0v) is 16.7. The van der Waals surface area contributed by atoms with Gasteiger partial charge in [-0.1, -0.05) is 34.6 Å². The predicted octanol–water partition coefficient (Wildman–Crippen LogP) is 3.35. The van der Waals surface area contributed by atoms with Crippen LogP contribution in [0.2, 0.25) is 0 Å². The van der Waals surface area contributed by atoms with Gasteiger partial charge in [0.25, 0.3) is 0 Å². The highest BCUT2D eigenvalue weighted by Gasteiger charge is 2.32. The van der Waals surface area contributed by atoms with Crippen molar-refractivity contribution in [3.8, 4) is 0 Å². The fourth-order valence-electron chi connectivity index (χ4n) is 3.13. The van der Waals surface area contributed by atoms with Gasteiger partial charge in [-0.3, -0.25) is 4.79 Å². The molecule has 3 amide bonds. The van der Waals surface area contributed by atoms with Gasteiger partial charge in [0.15, 0.2) is 0 Å². The third-order valence-electron chi connectivity index (χ3n) is 4.91. The molecule has 1 atom stereocenters. The first-order chi connectivity index (χ1) is 11.0. The van der Waals surface area contributed by atoms with Crippen molar-refractivity contribution in [1.29, 1.82) is 0 Å². The lowest BCUT2D eigenvalue weighted by Crippen LogP contribution is -2.50. The van der Waals surface area contributed by atoms with Crippen molar-refractivity contribution < 1.29 is 9.59 Å². The van der Waals surface area contributed by atoms with Gasteiger partial charge in [0.2, 0.25) is 5.91 Å². The molecule has 5 nitrogen and oxygen atoms in total. The van der Waals surface area contributed by atoms with Crippen molar-refractivity contribution in [3.63, 3.8) is 0 Å². The van der Waals surface area contributed by atoms with Crippen LogP contribution < -0.4 is 5.32 Å². The van der Waals surface area contributed by atoms with E-state index in [1.54, 1.807) is 19.0 Å². The van der Waals surface area contributed by atoms with Gasteiger partial charge in [-0.15, -0.1) is 0 Å². The second-order valence-corrected chi connectivity index (χ2v) is 8.84. The molecule has 0 spiro atoms. The molecule has 0 bridgehead atoms. The van der Waals surface area contributed by atoms with E-state index in [1.165, 1.54) is 0 Å². The first kappa shape index (κ1) is 20.8. The molecule has 1 N–H and O–H groups in total. The topological polar surface area (TPSA) is 52.7 Å². The number of urea groups is 1. The molecule has 0 aromatic heterocycles. The summed E-state index contributed by atoms with van der Waals surface area (Å²) < 4.78 is 0. The number of nitrogens with one attached hydrogen (secondary N) is 1. The van der Waals surface area contributed by atoms with E-state index < -0.39 is 0 Å². The smallest absolute Gasteiger partial charge is 0.319 e. The average molecular weight is 340 g/mol. The minimum atomic E-state index is 0.0279. The highest BCUT2D eigenvalue weighted by molar-refractivity contribution is 5.80. The molecule has 1 aliphatic rings. The summed E-state index contributed by atoms with van der Waals surface area (Å²) in [6, 6.07) is 0.243. The second-order valence-electron chi connectivity index (χ2n) is 8.84. The Bertz CT molecular complexity index is 419. The second kappa shape index (κ2) is 8.72. The minimum absolute atomic E-state index is 0.0279. The van der Waals surface area contributed by atoms with Crippen molar-refractivity contribution in [2.24, 2.45) is 17.3 Å². The fraction of sp³-hybridized carbons (Fsp3) is 0.895. The Balaban J connectivity index is 2.56. The van der Waals surface area contributed by atoms with Gasteiger partial charge >= 0.3 is 6.03 Å². The third kappa shape index (κ3) is 6.33. The molecule has 0 aromatic carbocycles. The summed E-state index contributed by atoms with van der Waals surface area (Å²) >= 11 is 0. The Hall–Kier alpha value is -1.26. The van der Waals surface area contributed by atoms with E-state index in [-0.39, 0.29) is 29.3 Å². The Morgan fingerprint density at radius 1 is 1.12 bits per heavy atom. The molecule has 0 radical (unpaired) electrons. The molecule has 1 saturated heterocycles. The van der Waals surface area contributed by atoms with Crippen molar-refractivity contribution in [1.82, 2.24) is 15.1 Å². The van der Waals surface area contributed by atoms with Gasteiger partial charge in [-0.05, 0) is 37.0 Å². The maximum atomic E-state index is 12.7. The number of hydrogen-bond donors (Lipinski definition) is 1. The van der Waals surface area contributed by atoms with Crippen LogP contribution >= 0.6 is 0 Å². The summed E-state index contributed by atoms with van der Waals surface area (Å²) in [4.78, 5) is 28.1. The van der Waals surface area contributed by atoms with Crippen LogP contribution in [0.5, 0.6) is 0 Å². The lowest BCUT2D eigenvalue weighted by atomic mass is 9.82. The highest BCUT2D eigenvalue weighted by Crippen LogP contribution is 2.26. The molecule has 1 aliphatic heterocycles. The summed E-state index contributed by atoms with van der Waals surface area (Å²) in [5, 5.41) is 3.30. The van der Waals surface area contributed by atoms with Gasteiger partial charge in [-0.2, -0.15) is 0 Å². The van der Waals surface area contributed by atoms with E-state index in [0.717, 1.165) is 25.7 Å². The standard InChI is InChI=1S/C19H37N3O2/c1-14(2)8-9-16(19(3,4)5)20-17(23)15-10-12-22(13-11-15)18(24)21(6)7/h14-16H,8-13H2,1-7H3,(H,20,23). The lowest BCUT2D eigenvalue weighted by Gasteiger charge is -2.36. The van der Waals surface area contributed by atoms with Gasteiger partial charge in [0.1, 0.15) is 0 Å². The molecule has 5 heteroatoms. The molecule has 1 unspecified atom stereocenters. The fourth-order valence-corrected chi connectivity index (χ4v) is 3.13. The monoisotopic (exact) mass is 339 g/mol. The Morgan fingerprint density at radius 3 is 2.08 bits per heavy atom. The SMILES string of the molecule is CC(C)CCC(NC(=O)C1CCN(C(=O)N(C)C)CC1)C(C)(C)C. The Labute approximate surface area is 148 Å². The summed E-state index contributed by atoms with van der Waals surface area (Å²) in [7, 11) is 3.54. The number of likely N-dealkylation sites (tertiary alicyclic amines) is 1. The van der Waals surface area contributed by atoms with Gasteiger partial charge in [0.05, 0.1) is 0 Å². The number of amides is 3. The molecule has 1 heterocycles. The predicted molar refractivity (Wildman–Crippen MR) is 98.8 cm³/mol. The molecule has 0 aliphatic carbocycles. The van der Waals surface area contributed by atoms with Gasteiger partial charge < -0.3 is 15.1 Å². The Morgan fingerprint density at radius 2 is 1.67 bits per heavy atom. The van der Waals surface area contributed by atoms with Crippen LogP contribution in [0.15, 0.2) is 0 Å². The number of hydrogen-bond acceptors (Lipinski definition) is 2. The largest absolute Gasteiger partial charge is 0.353 e. The van der Waals surface area contributed by atoms with Crippen molar-refractivity contribution >= 4 is 11.9 Å². The first-order valence-electron chi connectivity index (χ1n) is 9.29. The zero-order chi connectivity index (χ0) is 18.5. The highest BCUT2D eigenvalue weighted by atomic mass is 16.2. The number of carbonyl (C=O) groups excluding carboxylic acids is 2. The molecule has 1 fully saturated rings. The van der Waals surface area contributed by atoms with Crippen LogP contribution in [0.3, 0.4) is 0 Å². The maximum Gasteiger partial charge on any atom is 0.319 e. The van der Waals surface area contributed by atoms with Crippen LogP contribution in [0.25, 0.3) is 0 Å². The number of piperidine rings is 1. The lowest BCUT2D eigenvalue weighted by molar-refractivity contribution is -0.127. The van der Waals surface area contributed by atoms with Crippen molar-refractivity contribution in [3.05, 3.63) is 0 Å².